The topological polar surface area (TPSA) is 85.3 Å². The molecule has 2 heterocycles. The lowest BCUT2D eigenvalue weighted by Crippen LogP contribution is -2.18. The third-order valence-electron chi connectivity index (χ3n) is 2.76. The molecule has 0 saturated carbocycles. The number of hydrogen-bond acceptors (Lipinski definition) is 4. The Morgan fingerprint density at radius 2 is 2.11 bits per heavy atom. The largest absolute Gasteiger partial charge is 0.478 e. The molecule has 6 heteroatoms. The monoisotopic (exact) mass is 256 g/mol. The number of fused-ring (bicyclic) bond motifs is 1. The first kappa shape index (κ1) is 11.2. The van der Waals surface area contributed by atoms with Crippen molar-refractivity contribution in [1.82, 2.24) is 9.55 Å². The standard InChI is InChI=1S/C13H8N2O4/c16-11-5-4-8(13(17)18)6-15(11)9-2-1-3-10-12(9)14-7-19-10/h1-7H,(H,17,18). The van der Waals surface area contributed by atoms with Gasteiger partial charge < -0.3 is 9.52 Å². The quantitative estimate of drug-likeness (QED) is 0.753. The zero-order valence-corrected chi connectivity index (χ0v) is 9.61. The summed E-state index contributed by atoms with van der Waals surface area (Å²) in [6.07, 6.45) is 2.55. The summed E-state index contributed by atoms with van der Waals surface area (Å²) in [5.74, 6) is -1.10. The molecule has 0 bridgehead atoms. The number of aromatic carboxylic acids is 1. The summed E-state index contributed by atoms with van der Waals surface area (Å²) in [5, 5.41) is 8.97. The van der Waals surface area contributed by atoms with Crippen LogP contribution < -0.4 is 5.56 Å². The Morgan fingerprint density at radius 1 is 1.26 bits per heavy atom. The third kappa shape index (κ3) is 1.79. The first-order chi connectivity index (χ1) is 9.16. The van der Waals surface area contributed by atoms with Gasteiger partial charge in [-0.05, 0) is 18.2 Å². The first-order valence-corrected chi connectivity index (χ1v) is 5.45. The summed E-state index contributed by atoms with van der Waals surface area (Å²) >= 11 is 0. The predicted molar refractivity (Wildman–Crippen MR) is 66.6 cm³/mol. The van der Waals surface area contributed by atoms with Gasteiger partial charge in [-0.2, -0.15) is 0 Å². The first-order valence-electron chi connectivity index (χ1n) is 5.45. The Labute approximate surface area is 106 Å². The minimum Gasteiger partial charge on any atom is -0.478 e. The van der Waals surface area contributed by atoms with Crippen molar-refractivity contribution in [2.75, 3.05) is 0 Å². The highest BCUT2D eigenvalue weighted by Gasteiger charge is 2.11. The van der Waals surface area contributed by atoms with Crippen LogP contribution in [0, 0.1) is 0 Å². The van der Waals surface area contributed by atoms with Crippen LogP contribution in [0.4, 0.5) is 0 Å². The second-order valence-electron chi connectivity index (χ2n) is 3.91. The summed E-state index contributed by atoms with van der Waals surface area (Å²) in [5.41, 5.74) is 1.22. The molecule has 0 spiro atoms. The molecule has 19 heavy (non-hydrogen) atoms. The SMILES string of the molecule is O=C(O)c1ccc(=O)n(-c2cccc3ocnc23)c1. The third-order valence-corrected chi connectivity index (χ3v) is 2.76. The minimum atomic E-state index is -1.10. The van der Waals surface area contributed by atoms with Crippen molar-refractivity contribution in [3.8, 4) is 5.69 Å². The molecule has 0 aliphatic heterocycles. The van der Waals surface area contributed by atoms with Crippen LogP contribution >= 0.6 is 0 Å². The van der Waals surface area contributed by atoms with Crippen LogP contribution in [0.3, 0.4) is 0 Å². The molecule has 0 aliphatic rings. The van der Waals surface area contributed by atoms with E-state index in [1.807, 2.05) is 0 Å². The fourth-order valence-electron chi connectivity index (χ4n) is 1.87. The summed E-state index contributed by atoms with van der Waals surface area (Å²) in [4.78, 5) is 26.9. The number of nitrogens with zero attached hydrogens (tertiary/aromatic N) is 2. The number of carboxylic acids is 1. The summed E-state index contributed by atoms with van der Waals surface area (Å²) in [6.45, 7) is 0. The maximum atomic E-state index is 11.9. The van der Waals surface area contributed by atoms with E-state index in [1.54, 1.807) is 18.2 Å². The predicted octanol–water partition coefficient (Wildman–Crippen LogP) is 1.68. The Morgan fingerprint density at radius 3 is 2.89 bits per heavy atom. The minimum absolute atomic E-state index is 0.0279. The smallest absolute Gasteiger partial charge is 0.337 e. The zero-order chi connectivity index (χ0) is 13.4. The van der Waals surface area contributed by atoms with Gasteiger partial charge in [0, 0.05) is 12.3 Å². The maximum Gasteiger partial charge on any atom is 0.337 e. The number of rotatable bonds is 2. The van der Waals surface area contributed by atoms with Gasteiger partial charge in [0.15, 0.2) is 12.0 Å². The Bertz CT molecular complexity index is 832. The average Bonchev–Trinajstić information content (AvgIpc) is 2.87. The molecule has 0 amide bonds. The van der Waals surface area contributed by atoms with Gasteiger partial charge in [0.25, 0.3) is 5.56 Å². The molecule has 1 N–H and O–H groups in total. The van der Waals surface area contributed by atoms with E-state index in [9.17, 15) is 9.59 Å². The number of hydrogen-bond donors (Lipinski definition) is 1. The average molecular weight is 256 g/mol. The van der Waals surface area contributed by atoms with Crippen molar-refractivity contribution in [2.45, 2.75) is 0 Å². The number of pyridine rings is 1. The molecule has 0 fully saturated rings. The van der Waals surface area contributed by atoms with Crippen molar-refractivity contribution in [1.29, 1.82) is 0 Å². The maximum absolute atomic E-state index is 11.9. The molecule has 2 aromatic heterocycles. The van der Waals surface area contributed by atoms with E-state index in [0.717, 1.165) is 0 Å². The molecule has 0 unspecified atom stereocenters. The number of carbonyl (C=O) groups is 1. The van der Waals surface area contributed by atoms with E-state index in [4.69, 9.17) is 9.52 Å². The van der Waals surface area contributed by atoms with Crippen molar-refractivity contribution >= 4 is 17.1 Å². The molecule has 1 aromatic carbocycles. The molecule has 94 valence electrons. The Balaban J connectivity index is 2.32. The summed E-state index contributed by atoms with van der Waals surface area (Å²) in [7, 11) is 0. The fraction of sp³-hybridized carbons (Fsp3) is 0. The van der Waals surface area contributed by atoms with Crippen LogP contribution in [-0.2, 0) is 0 Å². The number of oxazole rings is 1. The fourth-order valence-corrected chi connectivity index (χ4v) is 1.87. The zero-order valence-electron chi connectivity index (χ0n) is 9.61. The van der Waals surface area contributed by atoms with E-state index in [-0.39, 0.29) is 11.1 Å². The van der Waals surface area contributed by atoms with Gasteiger partial charge in [-0.3, -0.25) is 9.36 Å². The number of para-hydroxylation sites is 1. The number of aromatic nitrogens is 2. The van der Waals surface area contributed by atoms with E-state index in [2.05, 4.69) is 4.98 Å². The summed E-state index contributed by atoms with van der Waals surface area (Å²) in [6, 6.07) is 7.59. The Hall–Kier alpha value is -2.89. The highest BCUT2D eigenvalue weighted by molar-refractivity contribution is 5.87. The summed E-state index contributed by atoms with van der Waals surface area (Å²) < 4.78 is 6.40. The van der Waals surface area contributed by atoms with Crippen LogP contribution in [0.5, 0.6) is 0 Å². The highest BCUT2D eigenvalue weighted by Crippen LogP contribution is 2.19. The normalized spacial score (nSPS) is 10.7. The highest BCUT2D eigenvalue weighted by atomic mass is 16.4. The number of carboxylic acid groups (broad SMARTS) is 1. The molecule has 3 aromatic rings. The van der Waals surface area contributed by atoms with Gasteiger partial charge in [0.1, 0.15) is 5.52 Å². The van der Waals surface area contributed by atoms with Crippen LogP contribution in [0.2, 0.25) is 0 Å². The second kappa shape index (κ2) is 4.09. The lowest BCUT2D eigenvalue weighted by Gasteiger charge is -2.06. The van der Waals surface area contributed by atoms with Crippen molar-refractivity contribution in [2.24, 2.45) is 0 Å². The van der Waals surface area contributed by atoms with Gasteiger partial charge in [-0.1, -0.05) is 6.07 Å². The van der Waals surface area contributed by atoms with Gasteiger partial charge in [-0.25, -0.2) is 9.78 Å². The van der Waals surface area contributed by atoms with Crippen molar-refractivity contribution in [3.05, 3.63) is 58.8 Å². The Kier molecular flexibility index (Phi) is 2.42. The van der Waals surface area contributed by atoms with E-state index >= 15 is 0 Å². The van der Waals surface area contributed by atoms with Gasteiger partial charge in [-0.15, -0.1) is 0 Å². The molecule has 0 saturated heterocycles. The van der Waals surface area contributed by atoms with Crippen molar-refractivity contribution in [3.63, 3.8) is 0 Å². The van der Waals surface area contributed by atoms with Crippen molar-refractivity contribution < 1.29 is 14.3 Å². The number of benzene rings is 1. The van der Waals surface area contributed by atoms with E-state index in [1.165, 1.54) is 29.3 Å². The molecule has 6 nitrogen and oxygen atoms in total. The molecular formula is C13H8N2O4. The molecule has 0 radical (unpaired) electrons. The molecular weight excluding hydrogens is 248 g/mol. The van der Waals surface area contributed by atoms with E-state index < -0.39 is 5.97 Å². The van der Waals surface area contributed by atoms with Crippen LogP contribution in [0.25, 0.3) is 16.8 Å². The molecule has 0 aliphatic carbocycles. The van der Waals surface area contributed by atoms with Gasteiger partial charge >= 0.3 is 5.97 Å². The van der Waals surface area contributed by atoms with Crippen LogP contribution in [0.15, 0.2) is 52.1 Å². The van der Waals surface area contributed by atoms with Gasteiger partial charge in [0.05, 0.1) is 11.3 Å². The molecule has 3 rings (SSSR count). The lowest BCUT2D eigenvalue weighted by atomic mass is 10.2. The van der Waals surface area contributed by atoms with Crippen LogP contribution in [-0.4, -0.2) is 20.6 Å². The van der Waals surface area contributed by atoms with E-state index in [0.29, 0.717) is 16.8 Å². The van der Waals surface area contributed by atoms with Gasteiger partial charge in [0.2, 0.25) is 0 Å². The molecule has 0 atom stereocenters. The lowest BCUT2D eigenvalue weighted by molar-refractivity contribution is 0.0696. The second-order valence-corrected chi connectivity index (χ2v) is 3.91. The van der Waals surface area contributed by atoms with Crippen LogP contribution in [0.1, 0.15) is 10.4 Å².